The highest BCUT2D eigenvalue weighted by Gasteiger charge is 2.22. The van der Waals surface area contributed by atoms with Gasteiger partial charge in [0.1, 0.15) is 13.2 Å². The van der Waals surface area contributed by atoms with Crippen molar-refractivity contribution in [2.45, 2.75) is 19.9 Å². The van der Waals surface area contributed by atoms with Crippen molar-refractivity contribution in [3.8, 4) is 17.6 Å². The Labute approximate surface area is 169 Å². The molecular weight excluding hydrogens is 372 g/mol. The standard InChI is InChI=1S/C22H22N2O5/c1-14(2)21(17-7-8-18-19(11-17)28-10-9-27-18)24-20(25)13-29-22(26)16-5-3-15(12-23)4-6-16/h3-8,11,14,21H,9-10,13H2,1-2H3,(H,24,25)/t21-/m0/s1. The molecule has 7 heteroatoms. The van der Waals surface area contributed by atoms with Gasteiger partial charge in [-0.05, 0) is 47.9 Å². The fraction of sp³-hybridized carbons (Fsp3) is 0.318. The van der Waals surface area contributed by atoms with Crippen LogP contribution in [0.4, 0.5) is 0 Å². The molecule has 1 aliphatic heterocycles. The predicted octanol–water partition coefficient (Wildman–Crippen LogP) is 3.00. The van der Waals surface area contributed by atoms with E-state index >= 15 is 0 Å². The first-order valence-corrected chi connectivity index (χ1v) is 9.34. The van der Waals surface area contributed by atoms with Crippen LogP contribution < -0.4 is 14.8 Å². The van der Waals surface area contributed by atoms with Crippen LogP contribution in [-0.2, 0) is 9.53 Å². The van der Waals surface area contributed by atoms with Gasteiger partial charge in [-0.25, -0.2) is 4.79 Å². The quantitative estimate of drug-likeness (QED) is 0.757. The van der Waals surface area contributed by atoms with Gasteiger partial charge in [-0.3, -0.25) is 4.79 Å². The van der Waals surface area contributed by atoms with Crippen LogP contribution in [0.2, 0.25) is 0 Å². The van der Waals surface area contributed by atoms with E-state index in [4.69, 9.17) is 19.5 Å². The van der Waals surface area contributed by atoms with Gasteiger partial charge in [0.15, 0.2) is 18.1 Å². The molecule has 1 atom stereocenters. The number of nitrogens with zero attached hydrogens (tertiary/aromatic N) is 1. The Balaban J connectivity index is 1.61. The van der Waals surface area contributed by atoms with Crippen molar-refractivity contribution >= 4 is 11.9 Å². The van der Waals surface area contributed by atoms with Gasteiger partial charge in [-0.15, -0.1) is 0 Å². The molecule has 0 aliphatic carbocycles. The van der Waals surface area contributed by atoms with E-state index in [0.717, 1.165) is 5.56 Å². The third-order valence-electron chi connectivity index (χ3n) is 4.49. The van der Waals surface area contributed by atoms with E-state index in [-0.39, 0.29) is 17.5 Å². The fourth-order valence-electron chi connectivity index (χ4n) is 3.00. The second-order valence-electron chi connectivity index (χ2n) is 6.96. The summed E-state index contributed by atoms with van der Waals surface area (Å²) in [5, 5.41) is 11.7. The molecule has 150 valence electrons. The van der Waals surface area contributed by atoms with Gasteiger partial charge >= 0.3 is 5.97 Å². The number of nitrogens with one attached hydrogen (secondary N) is 1. The Morgan fingerprint density at radius 3 is 2.45 bits per heavy atom. The largest absolute Gasteiger partial charge is 0.486 e. The third kappa shape index (κ3) is 5.05. The van der Waals surface area contributed by atoms with E-state index in [1.807, 2.05) is 38.1 Å². The van der Waals surface area contributed by atoms with E-state index in [0.29, 0.717) is 30.3 Å². The molecule has 0 bridgehead atoms. The SMILES string of the molecule is CC(C)[C@H](NC(=O)COC(=O)c1ccc(C#N)cc1)c1ccc2c(c1)OCCO2. The van der Waals surface area contributed by atoms with Crippen LogP contribution in [0.1, 0.15) is 41.4 Å². The number of nitriles is 1. The molecule has 0 radical (unpaired) electrons. The molecule has 0 spiro atoms. The number of amides is 1. The average molecular weight is 394 g/mol. The lowest BCUT2D eigenvalue weighted by Crippen LogP contribution is -2.35. The first kappa shape index (κ1) is 20.2. The monoisotopic (exact) mass is 394 g/mol. The summed E-state index contributed by atoms with van der Waals surface area (Å²) in [4.78, 5) is 24.5. The number of rotatable bonds is 6. The third-order valence-corrected chi connectivity index (χ3v) is 4.49. The van der Waals surface area contributed by atoms with Crippen LogP contribution in [0.15, 0.2) is 42.5 Å². The highest BCUT2D eigenvalue weighted by atomic mass is 16.6. The minimum Gasteiger partial charge on any atom is -0.486 e. The van der Waals surface area contributed by atoms with Crippen molar-refractivity contribution in [2.24, 2.45) is 5.92 Å². The molecular formula is C22H22N2O5. The van der Waals surface area contributed by atoms with Gasteiger partial charge in [0.25, 0.3) is 5.91 Å². The van der Waals surface area contributed by atoms with Crippen LogP contribution in [-0.4, -0.2) is 31.7 Å². The van der Waals surface area contributed by atoms with Gasteiger partial charge in [-0.2, -0.15) is 5.26 Å². The Morgan fingerprint density at radius 2 is 1.79 bits per heavy atom. The van der Waals surface area contributed by atoms with Crippen molar-refractivity contribution in [2.75, 3.05) is 19.8 Å². The average Bonchev–Trinajstić information content (AvgIpc) is 2.75. The molecule has 0 saturated heterocycles. The Hall–Kier alpha value is -3.53. The van der Waals surface area contributed by atoms with Gasteiger partial charge in [-0.1, -0.05) is 19.9 Å². The predicted molar refractivity (Wildman–Crippen MR) is 105 cm³/mol. The van der Waals surface area contributed by atoms with Crippen LogP contribution in [0.3, 0.4) is 0 Å². The summed E-state index contributed by atoms with van der Waals surface area (Å²) in [6.45, 7) is 4.59. The lowest BCUT2D eigenvalue weighted by Gasteiger charge is -2.25. The maximum atomic E-state index is 12.4. The molecule has 0 saturated carbocycles. The van der Waals surface area contributed by atoms with Crippen molar-refractivity contribution in [3.05, 3.63) is 59.2 Å². The highest BCUT2D eigenvalue weighted by Crippen LogP contribution is 2.34. The van der Waals surface area contributed by atoms with E-state index in [9.17, 15) is 9.59 Å². The molecule has 2 aromatic carbocycles. The molecule has 1 amide bonds. The van der Waals surface area contributed by atoms with Crippen molar-refractivity contribution in [1.82, 2.24) is 5.32 Å². The summed E-state index contributed by atoms with van der Waals surface area (Å²) in [7, 11) is 0. The van der Waals surface area contributed by atoms with Gasteiger partial charge in [0, 0.05) is 0 Å². The Morgan fingerprint density at radius 1 is 1.10 bits per heavy atom. The van der Waals surface area contributed by atoms with Crippen LogP contribution >= 0.6 is 0 Å². The first-order valence-electron chi connectivity index (χ1n) is 9.34. The molecule has 0 fully saturated rings. The van der Waals surface area contributed by atoms with E-state index in [1.54, 1.807) is 0 Å². The summed E-state index contributed by atoms with van der Waals surface area (Å²) >= 11 is 0. The van der Waals surface area contributed by atoms with E-state index < -0.39 is 18.5 Å². The molecule has 29 heavy (non-hydrogen) atoms. The number of carbonyl (C=O) groups excluding carboxylic acids is 2. The molecule has 0 unspecified atom stereocenters. The summed E-state index contributed by atoms with van der Waals surface area (Å²) in [5.41, 5.74) is 1.61. The summed E-state index contributed by atoms with van der Waals surface area (Å²) in [6.07, 6.45) is 0. The number of hydrogen-bond donors (Lipinski definition) is 1. The minimum atomic E-state index is -0.620. The van der Waals surface area contributed by atoms with Gasteiger partial charge < -0.3 is 19.5 Å². The molecule has 2 aromatic rings. The van der Waals surface area contributed by atoms with E-state index in [1.165, 1.54) is 24.3 Å². The van der Waals surface area contributed by atoms with Gasteiger partial charge in [0.05, 0.1) is 23.2 Å². The minimum absolute atomic E-state index is 0.107. The molecule has 3 rings (SSSR count). The van der Waals surface area contributed by atoms with Crippen molar-refractivity contribution < 1.29 is 23.8 Å². The lowest BCUT2D eigenvalue weighted by atomic mass is 9.95. The molecule has 1 aliphatic rings. The zero-order valence-corrected chi connectivity index (χ0v) is 16.3. The Bertz CT molecular complexity index is 931. The van der Waals surface area contributed by atoms with Crippen LogP contribution in [0, 0.1) is 17.2 Å². The van der Waals surface area contributed by atoms with Crippen LogP contribution in [0.5, 0.6) is 11.5 Å². The summed E-state index contributed by atoms with van der Waals surface area (Å²) in [5.74, 6) is 0.424. The van der Waals surface area contributed by atoms with Crippen molar-refractivity contribution in [3.63, 3.8) is 0 Å². The van der Waals surface area contributed by atoms with E-state index in [2.05, 4.69) is 5.32 Å². The zero-order chi connectivity index (χ0) is 20.8. The number of hydrogen-bond acceptors (Lipinski definition) is 6. The maximum absolute atomic E-state index is 12.4. The lowest BCUT2D eigenvalue weighted by molar-refractivity contribution is -0.125. The topological polar surface area (TPSA) is 97.7 Å². The van der Waals surface area contributed by atoms with Crippen LogP contribution in [0.25, 0.3) is 0 Å². The molecule has 7 nitrogen and oxygen atoms in total. The summed E-state index contributed by atoms with van der Waals surface area (Å²) in [6, 6.07) is 13.3. The first-order chi connectivity index (χ1) is 14.0. The maximum Gasteiger partial charge on any atom is 0.338 e. The second kappa shape index (κ2) is 9.11. The number of ether oxygens (including phenoxy) is 3. The number of benzene rings is 2. The normalized spacial score (nSPS) is 13.3. The number of carbonyl (C=O) groups is 2. The smallest absolute Gasteiger partial charge is 0.338 e. The molecule has 1 N–H and O–H groups in total. The van der Waals surface area contributed by atoms with Gasteiger partial charge in [0.2, 0.25) is 0 Å². The van der Waals surface area contributed by atoms with Crippen molar-refractivity contribution in [1.29, 1.82) is 5.26 Å². The highest BCUT2D eigenvalue weighted by molar-refractivity contribution is 5.91. The number of esters is 1. The summed E-state index contributed by atoms with van der Waals surface area (Å²) < 4.78 is 16.2. The second-order valence-corrected chi connectivity index (χ2v) is 6.96. The number of fused-ring (bicyclic) bond motifs is 1. The fourth-order valence-corrected chi connectivity index (χ4v) is 3.00. The Kier molecular flexibility index (Phi) is 6.35. The molecule has 1 heterocycles. The molecule has 0 aromatic heterocycles. The zero-order valence-electron chi connectivity index (χ0n) is 16.3.